The van der Waals surface area contributed by atoms with E-state index in [2.05, 4.69) is 25.3 Å². The van der Waals surface area contributed by atoms with Gasteiger partial charge in [-0.2, -0.15) is 0 Å². The number of nitrogens with two attached hydrogens (primary N) is 1. The first-order chi connectivity index (χ1) is 10.1. The number of amides is 1. The zero-order chi connectivity index (χ0) is 15.3. The molecule has 0 aliphatic rings. The first-order valence-electron chi connectivity index (χ1n) is 6.88. The summed E-state index contributed by atoms with van der Waals surface area (Å²) in [7, 11) is 0. The summed E-state index contributed by atoms with van der Waals surface area (Å²) in [4.78, 5) is 27.0. The molecule has 0 spiro atoms. The summed E-state index contributed by atoms with van der Waals surface area (Å²) in [5.41, 5.74) is 6.34. The van der Waals surface area contributed by atoms with Crippen LogP contribution >= 0.6 is 11.8 Å². The van der Waals surface area contributed by atoms with Gasteiger partial charge in [0.25, 0.3) is 0 Å². The monoisotopic (exact) mass is 308 g/mol. The van der Waals surface area contributed by atoms with Gasteiger partial charge in [0.15, 0.2) is 5.65 Å². The van der Waals surface area contributed by atoms with Gasteiger partial charge in [0, 0.05) is 0 Å². The quantitative estimate of drug-likeness (QED) is 0.382. The van der Waals surface area contributed by atoms with Crippen molar-refractivity contribution in [1.29, 1.82) is 0 Å². The molecule has 0 aliphatic heterocycles. The van der Waals surface area contributed by atoms with Gasteiger partial charge in [-0.05, 0) is 32.1 Å². The lowest BCUT2D eigenvalue weighted by molar-refractivity contribution is -0.124. The van der Waals surface area contributed by atoms with Crippen LogP contribution in [0.5, 0.6) is 0 Å². The van der Waals surface area contributed by atoms with E-state index < -0.39 is 5.54 Å². The van der Waals surface area contributed by atoms with Crippen molar-refractivity contribution in [3.63, 3.8) is 0 Å². The molecular weight excluding hydrogens is 288 g/mol. The summed E-state index contributed by atoms with van der Waals surface area (Å²) in [6.45, 7) is 4.53. The van der Waals surface area contributed by atoms with Gasteiger partial charge in [0.05, 0.1) is 11.9 Å². The number of H-pyrrole nitrogens is 1. The zero-order valence-corrected chi connectivity index (χ0v) is 13.0. The van der Waals surface area contributed by atoms with Crippen LogP contribution in [0.3, 0.4) is 0 Å². The highest BCUT2D eigenvalue weighted by Crippen LogP contribution is 2.24. The van der Waals surface area contributed by atoms with Crippen LogP contribution in [0.15, 0.2) is 17.7 Å². The van der Waals surface area contributed by atoms with Gasteiger partial charge in [-0.15, -0.1) is 11.8 Å². The Morgan fingerprint density at radius 3 is 3.00 bits per heavy atom. The van der Waals surface area contributed by atoms with Gasteiger partial charge in [0.1, 0.15) is 16.9 Å². The number of nitrogens with zero attached hydrogens (tertiary/aromatic N) is 3. The first-order valence-corrected chi connectivity index (χ1v) is 7.87. The van der Waals surface area contributed by atoms with Crippen LogP contribution in [0.1, 0.15) is 26.7 Å². The molecule has 0 saturated heterocycles. The molecule has 2 aromatic rings. The van der Waals surface area contributed by atoms with Crippen molar-refractivity contribution < 1.29 is 4.79 Å². The molecule has 8 heteroatoms. The lowest BCUT2D eigenvalue weighted by Crippen LogP contribution is -2.53. The molecule has 0 aliphatic carbocycles. The van der Waals surface area contributed by atoms with Crippen molar-refractivity contribution in [2.45, 2.75) is 37.3 Å². The van der Waals surface area contributed by atoms with Gasteiger partial charge in [-0.1, -0.05) is 6.92 Å². The maximum atomic E-state index is 11.5. The van der Waals surface area contributed by atoms with Gasteiger partial charge in [0.2, 0.25) is 5.91 Å². The molecule has 1 atom stereocenters. The fourth-order valence-corrected chi connectivity index (χ4v) is 3.03. The number of nitrogens with one attached hydrogen (secondary N) is 2. The molecule has 114 valence electrons. The molecule has 0 radical (unpaired) electrons. The smallest absolute Gasteiger partial charge is 0.237 e. The van der Waals surface area contributed by atoms with Crippen molar-refractivity contribution in [3.8, 4) is 0 Å². The molecule has 2 rings (SSSR count). The Kier molecular flexibility index (Phi) is 5.13. The van der Waals surface area contributed by atoms with Crippen molar-refractivity contribution in [3.05, 3.63) is 12.7 Å². The fourth-order valence-electron chi connectivity index (χ4n) is 2.14. The highest BCUT2D eigenvalue weighted by molar-refractivity contribution is 7.99. The van der Waals surface area contributed by atoms with Crippen LogP contribution in [-0.4, -0.2) is 43.7 Å². The van der Waals surface area contributed by atoms with Crippen molar-refractivity contribution in [1.82, 2.24) is 25.3 Å². The van der Waals surface area contributed by atoms with Crippen LogP contribution < -0.4 is 11.1 Å². The van der Waals surface area contributed by atoms with E-state index in [1.54, 1.807) is 18.1 Å². The Balaban J connectivity index is 1.90. The zero-order valence-electron chi connectivity index (χ0n) is 12.2. The Morgan fingerprint density at radius 2 is 2.29 bits per heavy atom. The second kappa shape index (κ2) is 6.86. The number of carbonyl (C=O) groups excluding carboxylic acids is 1. The predicted octanol–water partition coefficient (Wildman–Crippen LogP) is 1.08. The molecule has 2 aromatic heterocycles. The minimum absolute atomic E-state index is 0.313. The minimum atomic E-state index is -0.649. The molecule has 0 fully saturated rings. The van der Waals surface area contributed by atoms with Crippen molar-refractivity contribution in [2.24, 2.45) is 5.73 Å². The van der Waals surface area contributed by atoms with E-state index >= 15 is 0 Å². The molecule has 21 heavy (non-hydrogen) atoms. The summed E-state index contributed by atoms with van der Waals surface area (Å²) in [5, 5.41) is 4.03. The number of rotatable bonds is 8. The van der Waals surface area contributed by atoms with E-state index in [-0.39, 0.29) is 5.91 Å². The molecule has 0 aromatic carbocycles. The average molecular weight is 308 g/mol. The molecule has 1 unspecified atom stereocenters. The third-order valence-corrected chi connectivity index (χ3v) is 4.43. The van der Waals surface area contributed by atoms with E-state index in [1.165, 1.54) is 6.33 Å². The standard InChI is InChI=1S/C13H20N6OS/c1-3-19-13(2,12(14)20)5-4-6-21-11-9-10(16-7-15-9)17-8-18-11/h7-8,19H,3-6H2,1-2H3,(H2,14,20)(H,15,16,17,18). The van der Waals surface area contributed by atoms with Crippen LogP contribution in [0.25, 0.3) is 11.2 Å². The number of fused-ring (bicyclic) bond motifs is 1. The Bertz CT molecular complexity index is 615. The highest BCUT2D eigenvalue weighted by atomic mass is 32.2. The maximum Gasteiger partial charge on any atom is 0.237 e. The number of thioether (sulfide) groups is 1. The first kappa shape index (κ1) is 15.7. The second-order valence-corrected chi connectivity index (χ2v) is 6.04. The SMILES string of the molecule is CCNC(C)(CCCSc1ncnc2nc[nH]c12)C(N)=O. The maximum absolute atomic E-state index is 11.5. The van der Waals surface area contributed by atoms with E-state index in [0.29, 0.717) is 18.6 Å². The number of imidazole rings is 1. The summed E-state index contributed by atoms with van der Waals surface area (Å²) in [6, 6.07) is 0. The Morgan fingerprint density at radius 1 is 1.48 bits per heavy atom. The number of aromatic nitrogens is 4. The molecule has 0 saturated carbocycles. The van der Waals surface area contributed by atoms with E-state index in [9.17, 15) is 4.79 Å². The van der Waals surface area contributed by atoms with Gasteiger partial charge in [-0.3, -0.25) is 4.79 Å². The summed E-state index contributed by atoms with van der Waals surface area (Å²) >= 11 is 1.62. The largest absolute Gasteiger partial charge is 0.368 e. The van der Waals surface area contributed by atoms with Crippen LogP contribution in [0, 0.1) is 0 Å². The molecule has 7 nitrogen and oxygen atoms in total. The number of hydrogen-bond donors (Lipinski definition) is 3. The number of hydrogen-bond acceptors (Lipinski definition) is 6. The summed E-state index contributed by atoms with van der Waals surface area (Å²) in [6.07, 6.45) is 4.67. The molecular formula is C13H20N6OS. The Hall–Kier alpha value is -1.67. The lowest BCUT2D eigenvalue weighted by Gasteiger charge is -2.26. The lowest BCUT2D eigenvalue weighted by atomic mass is 9.95. The van der Waals surface area contributed by atoms with Gasteiger partial charge < -0.3 is 16.0 Å². The van der Waals surface area contributed by atoms with Crippen LogP contribution in [0.4, 0.5) is 0 Å². The normalized spacial score (nSPS) is 14.2. The second-order valence-electron chi connectivity index (χ2n) is 4.96. The number of primary amides is 1. The Labute approximate surface area is 127 Å². The number of likely N-dealkylation sites (N-methyl/N-ethyl adjacent to an activating group) is 1. The van der Waals surface area contributed by atoms with Crippen molar-refractivity contribution >= 4 is 28.8 Å². The third-order valence-electron chi connectivity index (χ3n) is 3.36. The van der Waals surface area contributed by atoms with Gasteiger partial charge >= 0.3 is 0 Å². The summed E-state index contributed by atoms with van der Waals surface area (Å²) in [5.74, 6) is 0.534. The predicted molar refractivity (Wildman–Crippen MR) is 82.9 cm³/mol. The third kappa shape index (κ3) is 3.70. The van der Waals surface area contributed by atoms with E-state index in [4.69, 9.17) is 5.73 Å². The summed E-state index contributed by atoms with van der Waals surface area (Å²) < 4.78 is 0. The van der Waals surface area contributed by atoms with Crippen molar-refractivity contribution in [2.75, 3.05) is 12.3 Å². The topological polar surface area (TPSA) is 110 Å². The number of aromatic amines is 1. The molecule has 4 N–H and O–H groups in total. The molecule has 1 amide bonds. The van der Waals surface area contributed by atoms with Crippen LogP contribution in [-0.2, 0) is 4.79 Å². The molecule has 2 heterocycles. The van der Waals surface area contributed by atoms with E-state index in [0.717, 1.165) is 22.7 Å². The molecule has 0 bridgehead atoms. The minimum Gasteiger partial charge on any atom is -0.368 e. The number of carbonyl (C=O) groups is 1. The highest BCUT2D eigenvalue weighted by Gasteiger charge is 2.28. The van der Waals surface area contributed by atoms with Crippen LogP contribution in [0.2, 0.25) is 0 Å². The average Bonchev–Trinajstić information content (AvgIpc) is 2.93. The fraction of sp³-hybridized carbons (Fsp3) is 0.538. The van der Waals surface area contributed by atoms with Gasteiger partial charge in [-0.25, -0.2) is 15.0 Å². The van der Waals surface area contributed by atoms with E-state index in [1.807, 2.05) is 13.8 Å².